The van der Waals surface area contributed by atoms with Crippen LogP contribution in [0.5, 0.6) is 5.75 Å². The van der Waals surface area contributed by atoms with Crippen molar-refractivity contribution in [2.24, 2.45) is 0 Å². The third-order valence-corrected chi connectivity index (χ3v) is 3.22. The molecule has 102 valence electrons. The number of nitrogen functional groups attached to an aromatic ring is 1. The lowest BCUT2D eigenvalue weighted by Gasteiger charge is -2.09. The van der Waals surface area contributed by atoms with Crippen LogP contribution in [0.1, 0.15) is 0 Å². The molecule has 0 saturated carbocycles. The Hall–Kier alpha value is -2.49. The molecule has 20 heavy (non-hydrogen) atoms. The summed E-state index contributed by atoms with van der Waals surface area (Å²) >= 11 is 0. The number of benzene rings is 2. The fourth-order valence-electron chi connectivity index (χ4n) is 2.23. The van der Waals surface area contributed by atoms with Crippen LogP contribution in [0.15, 0.2) is 54.7 Å². The number of hydrogen-bond acceptors (Lipinski definition) is 2. The second-order valence-electron chi connectivity index (χ2n) is 4.60. The summed E-state index contributed by atoms with van der Waals surface area (Å²) in [5, 5.41) is 0.900. The lowest BCUT2D eigenvalue weighted by atomic mass is 10.2. The number of nitrogens with two attached hydrogens (primary N) is 1. The largest absolute Gasteiger partial charge is 0.492 e. The highest BCUT2D eigenvalue weighted by molar-refractivity contribution is 5.80. The number of fused-ring (bicyclic) bond motifs is 1. The van der Waals surface area contributed by atoms with Crippen LogP contribution in [0, 0.1) is 5.82 Å². The van der Waals surface area contributed by atoms with E-state index in [9.17, 15) is 4.39 Å². The number of aromatic nitrogens is 1. The van der Waals surface area contributed by atoms with Crippen LogP contribution in [0.2, 0.25) is 0 Å². The van der Waals surface area contributed by atoms with E-state index in [1.165, 1.54) is 6.07 Å². The molecule has 0 amide bonds. The summed E-state index contributed by atoms with van der Waals surface area (Å²) in [4.78, 5) is 0. The second-order valence-corrected chi connectivity index (χ2v) is 4.60. The first-order valence-electron chi connectivity index (χ1n) is 6.46. The van der Waals surface area contributed by atoms with Gasteiger partial charge in [0.1, 0.15) is 18.2 Å². The van der Waals surface area contributed by atoms with Gasteiger partial charge in [-0.1, -0.05) is 12.1 Å². The standard InChI is InChI=1S/C16H15FN2O/c17-15-3-1-2-12-8-9-19(16(12)15)10-11-20-14-6-4-13(18)5-7-14/h1-9H,10-11,18H2. The number of ether oxygens (including phenoxy) is 1. The van der Waals surface area contributed by atoms with Crippen LogP contribution in [-0.2, 0) is 6.54 Å². The molecule has 0 aliphatic heterocycles. The molecule has 0 fully saturated rings. The van der Waals surface area contributed by atoms with E-state index in [1.54, 1.807) is 18.2 Å². The number of anilines is 1. The van der Waals surface area contributed by atoms with Crippen molar-refractivity contribution in [2.75, 3.05) is 12.3 Å². The van der Waals surface area contributed by atoms with Crippen LogP contribution < -0.4 is 10.5 Å². The number of rotatable bonds is 4. The molecule has 0 unspecified atom stereocenters. The van der Waals surface area contributed by atoms with Crippen molar-refractivity contribution in [2.45, 2.75) is 6.54 Å². The maximum Gasteiger partial charge on any atom is 0.147 e. The minimum absolute atomic E-state index is 0.208. The molecular formula is C16H15FN2O. The maximum atomic E-state index is 13.8. The van der Waals surface area contributed by atoms with Crippen molar-refractivity contribution >= 4 is 16.6 Å². The molecule has 1 aromatic heterocycles. The Morgan fingerprint density at radius 3 is 2.65 bits per heavy atom. The monoisotopic (exact) mass is 270 g/mol. The fraction of sp³-hybridized carbons (Fsp3) is 0.125. The third-order valence-electron chi connectivity index (χ3n) is 3.22. The van der Waals surface area contributed by atoms with Crippen LogP contribution in [-0.4, -0.2) is 11.2 Å². The molecule has 0 saturated heterocycles. The fourth-order valence-corrected chi connectivity index (χ4v) is 2.23. The third kappa shape index (κ3) is 2.45. The van der Waals surface area contributed by atoms with E-state index in [0.717, 1.165) is 11.1 Å². The SMILES string of the molecule is Nc1ccc(OCCn2ccc3cccc(F)c32)cc1. The Kier molecular flexibility index (Phi) is 3.29. The number of hydrogen-bond donors (Lipinski definition) is 1. The number of nitrogens with zero attached hydrogens (tertiary/aromatic N) is 1. The Morgan fingerprint density at radius 2 is 1.85 bits per heavy atom. The summed E-state index contributed by atoms with van der Waals surface area (Å²) in [6.45, 7) is 1.07. The molecule has 4 heteroatoms. The van der Waals surface area contributed by atoms with Crippen molar-refractivity contribution in [1.29, 1.82) is 0 Å². The van der Waals surface area contributed by atoms with Crippen molar-refractivity contribution in [3.63, 3.8) is 0 Å². The highest BCUT2D eigenvalue weighted by atomic mass is 19.1. The van der Waals surface area contributed by atoms with Gasteiger partial charge in [-0.05, 0) is 36.4 Å². The summed E-state index contributed by atoms with van der Waals surface area (Å²) in [6, 6.07) is 14.2. The first kappa shape index (κ1) is 12.5. The highest BCUT2D eigenvalue weighted by Crippen LogP contribution is 2.19. The average Bonchev–Trinajstić information content (AvgIpc) is 2.86. The van der Waals surface area contributed by atoms with Gasteiger partial charge in [-0.25, -0.2) is 4.39 Å². The van der Waals surface area contributed by atoms with Gasteiger partial charge in [0.15, 0.2) is 0 Å². The van der Waals surface area contributed by atoms with E-state index in [1.807, 2.05) is 35.0 Å². The quantitative estimate of drug-likeness (QED) is 0.738. The molecule has 0 atom stereocenters. The van der Waals surface area contributed by atoms with E-state index in [0.29, 0.717) is 24.4 Å². The smallest absolute Gasteiger partial charge is 0.147 e. The maximum absolute atomic E-state index is 13.8. The molecule has 1 heterocycles. The summed E-state index contributed by atoms with van der Waals surface area (Å²) in [5.41, 5.74) is 6.93. The summed E-state index contributed by atoms with van der Waals surface area (Å²) in [5.74, 6) is 0.552. The second kappa shape index (κ2) is 5.25. The molecule has 3 nitrogen and oxygen atoms in total. The molecule has 0 aliphatic carbocycles. The van der Waals surface area contributed by atoms with Gasteiger partial charge in [-0.15, -0.1) is 0 Å². The van der Waals surface area contributed by atoms with Crippen molar-refractivity contribution in [1.82, 2.24) is 4.57 Å². The Morgan fingerprint density at radius 1 is 1.05 bits per heavy atom. The van der Waals surface area contributed by atoms with Gasteiger partial charge in [0.25, 0.3) is 0 Å². The minimum atomic E-state index is -0.208. The van der Waals surface area contributed by atoms with E-state index >= 15 is 0 Å². The van der Waals surface area contributed by atoms with E-state index in [2.05, 4.69) is 0 Å². The minimum Gasteiger partial charge on any atom is -0.492 e. The van der Waals surface area contributed by atoms with Gasteiger partial charge < -0.3 is 15.0 Å². The van der Waals surface area contributed by atoms with Crippen LogP contribution in [0.4, 0.5) is 10.1 Å². The molecule has 0 bridgehead atoms. The van der Waals surface area contributed by atoms with Crippen molar-refractivity contribution in [3.05, 3.63) is 60.5 Å². The summed E-state index contributed by atoms with van der Waals surface area (Å²) in [7, 11) is 0. The first-order chi connectivity index (χ1) is 9.74. The van der Waals surface area contributed by atoms with Gasteiger partial charge in [0, 0.05) is 17.3 Å². The Labute approximate surface area is 116 Å². The first-order valence-corrected chi connectivity index (χ1v) is 6.46. The summed E-state index contributed by atoms with van der Waals surface area (Å²) in [6.07, 6.45) is 1.88. The van der Waals surface area contributed by atoms with Gasteiger partial charge in [-0.3, -0.25) is 0 Å². The predicted molar refractivity (Wildman–Crippen MR) is 78.2 cm³/mol. The molecule has 0 radical (unpaired) electrons. The lowest BCUT2D eigenvalue weighted by molar-refractivity contribution is 0.300. The van der Waals surface area contributed by atoms with Crippen molar-refractivity contribution in [3.8, 4) is 5.75 Å². The lowest BCUT2D eigenvalue weighted by Crippen LogP contribution is -2.07. The molecule has 2 N–H and O–H groups in total. The molecule has 0 spiro atoms. The zero-order valence-corrected chi connectivity index (χ0v) is 10.9. The molecule has 3 rings (SSSR count). The topological polar surface area (TPSA) is 40.2 Å². The number of halogens is 1. The highest BCUT2D eigenvalue weighted by Gasteiger charge is 2.05. The number of para-hydroxylation sites is 1. The van der Waals surface area contributed by atoms with Crippen molar-refractivity contribution < 1.29 is 9.13 Å². The zero-order valence-electron chi connectivity index (χ0n) is 10.9. The van der Waals surface area contributed by atoms with Gasteiger partial charge >= 0.3 is 0 Å². The van der Waals surface area contributed by atoms with Crippen LogP contribution in [0.3, 0.4) is 0 Å². The van der Waals surface area contributed by atoms with E-state index in [4.69, 9.17) is 10.5 Å². The van der Waals surface area contributed by atoms with Gasteiger partial charge in [0.05, 0.1) is 12.1 Å². The molecule has 3 aromatic rings. The molecule has 0 aliphatic rings. The summed E-state index contributed by atoms with van der Waals surface area (Å²) < 4.78 is 21.3. The average molecular weight is 270 g/mol. The normalized spacial score (nSPS) is 10.8. The van der Waals surface area contributed by atoms with Crippen LogP contribution >= 0.6 is 0 Å². The predicted octanol–water partition coefficient (Wildman–Crippen LogP) is 3.44. The Bertz CT molecular complexity index is 719. The molecule has 2 aromatic carbocycles. The van der Waals surface area contributed by atoms with Gasteiger partial charge in [-0.2, -0.15) is 0 Å². The zero-order chi connectivity index (χ0) is 13.9. The van der Waals surface area contributed by atoms with Crippen LogP contribution in [0.25, 0.3) is 10.9 Å². The Balaban J connectivity index is 1.70. The van der Waals surface area contributed by atoms with E-state index < -0.39 is 0 Å². The van der Waals surface area contributed by atoms with E-state index in [-0.39, 0.29) is 5.82 Å². The van der Waals surface area contributed by atoms with Gasteiger partial charge in [0.2, 0.25) is 0 Å². The molecular weight excluding hydrogens is 255 g/mol.